The molecule has 2 N–H and O–H groups in total. The van der Waals surface area contributed by atoms with Crippen LogP contribution in [0.15, 0.2) is 66.9 Å². The van der Waals surface area contributed by atoms with E-state index in [-0.39, 0.29) is 11.6 Å². The molecule has 2 aromatic carbocycles. The molecule has 0 spiro atoms. The average molecular weight is 428 g/mol. The number of ether oxygens (including phenoxy) is 1. The Bertz CT molecular complexity index is 969. The van der Waals surface area contributed by atoms with Crippen LogP contribution in [-0.4, -0.2) is 44.0 Å². The number of halogens is 2. The van der Waals surface area contributed by atoms with E-state index in [4.69, 9.17) is 4.74 Å². The van der Waals surface area contributed by atoms with E-state index in [9.17, 15) is 8.78 Å². The first-order valence-corrected chi connectivity index (χ1v) is 11.0. The summed E-state index contributed by atoms with van der Waals surface area (Å²) in [5, 5.41) is 0. The number of hydrogen-bond acceptors (Lipinski definition) is 1. The molecule has 3 aromatic rings. The summed E-state index contributed by atoms with van der Waals surface area (Å²) >= 11 is 0. The Labute approximate surface area is 182 Å². The van der Waals surface area contributed by atoms with Gasteiger partial charge in [-0.15, -0.1) is 0 Å². The first kappa shape index (κ1) is 21.7. The normalized spacial score (nSPS) is 15.8. The molecule has 1 fully saturated rings. The van der Waals surface area contributed by atoms with Crippen molar-refractivity contribution in [2.45, 2.75) is 19.6 Å². The molecule has 164 valence electrons. The van der Waals surface area contributed by atoms with Gasteiger partial charge >= 0.3 is 0 Å². The van der Waals surface area contributed by atoms with Crippen LogP contribution in [0.5, 0.6) is 0 Å². The molecule has 0 saturated carbocycles. The van der Waals surface area contributed by atoms with Gasteiger partial charge in [-0.25, -0.2) is 8.78 Å². The van der Waals surface area contributed by atoms with Gasteiger partial charge in [0.2, 0.25) is 0 Å². The highest BCUT2D eigenvalue weighted by atomic mass is 19.1. The van der Waals surface area contributed by atoms with Crippen LogP contribution >= 0.6 is 0 Å². The van der Waals surface area contributed by atoms with Gasteiger partial charge in [-0.2, -0.15) is 0 Å². The molecule has 4 nitrogen and oxygen atoms in total. The van der Waals surface area contributed by atoms with Crippen LogP contribution in [0.1, 0.15) is 16.8 Å². The second-order valence-electron chi connectivity index (χ2n) is 8.31. The van der Waals surface area contributed by atoms with Gasteiger partial charge in [0.05, 0.1) is 25.5 Å². The maximum atomic E-state index is 14.2. The summed E-state index contributed by atoms with van der Waals surface area (Å²) in [5.74, 6) is -0.374. The predicted molar refractivity (Wildman–Crippen MR) is 116 cm³/mol. The van der Waals surface area contributed by atoms with Crippen molar-refractivity contribution in [2.24, 2.45) is 0 Å². The molecule has 31 heavy (non-hydrogen) atoms. The van der Waals surface area contributed by atoms with Crippen molar-refractivity contribution in [1.82, 2.24) is 4.57 Å². The van der Waals surface area contributed by atoms with E-state index in [1.165, 1.54) is 17.0 Å². The first-order chi connectivity index (χ1) is 15.2. The quantitative estimate of drug-likeness (QED) is 0.529. The van der Waals surface area contributed by atoms with Crippen LogP contribution in [-0.2, 0) is 24.4 Å². The molecule has 1 aliphatic heterocycles. The van der Waals surface area contributed by atoms with Crippen molar-refractivity contribution in [3.05, 3.63) is 95.3 Å². The first-order valence-electron chi connectivity index (χ1n) is 11.0. The van der Waals surface area contributed by atoms with Gasteiger partial charge in [-0.05, 0) is 30.3 Å². The molecule has 6 heteroatoms. The molecule has 0 radical (unpaired) electrons. The summed E-state index contributed by atoms with van der Waals surface area (Å²) in [7, 11) is 0. The molecule has 1 unspecified atom stereocenters. The van der Waals surface area contributed by atoms with Gasteiger partial charge < -0.3 is 19.1 Å². The third-order valence-corrected chi connectivity index (χ3v) is 6.03. The fourth-order valence-corrected chi connectivity index (χ4v) is 4.27. The lowest BCUT2D eigenvalue weighted by atomic mass is 10.2. The summed E-state index contributed by atoms with van der Waals surface area (Å²) in [6.07, 6.45) is 2.01. The van der Waals surface area contributed by atoms with Crippen LogP contribution in [0.2, 0.25) is 0 Å². The van der Waals surface area contributed by atoms with Crippen molar-refractivity contribution in [2.75, 3.05) is 39.4 Å². The zero-order chi connectivity index (χ0) is 21.5. The minimum absolute atomic E-state index is 0.179. The van der Waals surface area contributed by atoms with E-state index in [0.717, 1.165) is 63.7 Å². The second kappa shape index (κ2) is 10.7. The number of nitrogens with zero attached hydrogens (tertiary/aromatic N) is 1. The van der Waals surface area contributed by atoms with Crippen molar-refractivity contribution < 1.29 is 23.3 Å². The third kappa shape index (κ3) is 6.23. The number of rotatable bonds is 9. The minimum Gasteiger partial charge on any atom is -0.370 e. The molecule has 0 amide bonds. The number of aromatic nitrogens is 1. The largest absolute Gasteiger partial charge is 0.370 e. The average Bonchev–Trinajstić information content (AvgIpc) is 3.21. The minimum atomic E-state index is -0.196. The summed E-state index contributed by atoms with van der Waals surface area (Å²) < 4.78 is 35.5. The molecule has 2 heterocycles. The Kier molecular flexibility index (Phi) is 7.46. The Morgan fingerprint density at radius 1 is 0.935 bits per heavy atom. The number of quaternary nitrogens is 2. The highest BCUT2D eigenvalue weighted by Crippen LogP contribution is 2.11. The number of morpholine rings is 1. The van der Waals surface area contributed by atoms with Crippen LogP contribution in [0.25, 0.3) is 0 Å². The molecule has 1 atom stereocenters. The molecule has 0 bridgehead atoms. The molecule has 0 aliphatic carbocycles. The second-order valence-corrected chi connectivity index (χ2v) is 8.31. The Hall–Kier alpha value is -2.54. The zero-order valence-electron chi connectivity index (χ0n) is 17.8. The molecule has 1 aromatic heterocycles. The standard InChI is InChI=1S/C25H29F2N3O/c26-23-7-3-5-21(17-23)18-29(12-11-28-13-15-31-16-14-28)20-24-8-4-10-30(24)19-22-6-1-2-9-25(22)27/h1-10,17H,11-16,18-20H2/p+2. The smallest absolute Gasteiger partial charge is 0.128 e. The van der Waals surface area contributed by atoms with Crippen LogP contribution < -0.4 is 9.80 Å². The van der Waals surface area contributed by atoms with E-state index in [0.29, 0.717) is 12.1 Å². The number of nitrogens with one attached hydrogen (secondary N) is 2. The van der Waals surface area contributed by atoms with E-state index in [2.05, 4.69) is 10.6 Å². The highest BCUT2D eigenvalue weighted by Gasteiger charge is 2.19. The Balaban J connectivity index is 1.47. The SMILES string of the molecule is Fc1cccc(C[NH+](CC[NH+]2CCOCC2)Cc2cccn2Cc2ccccc2F)c1. The Morgan fingerprint density at radius 3 is 2.58 bits per heavy atom. The zero-order valence-corrected chi connectivity index (χ0v) is 17.8. The van der Waals surface area contributed by atoms with Gasteiger partial charge in [0.15, 0.2) is 0 Å². The van der Waals surface area contributed by atoms with Crippen molar-refractivity contribution in [1.29, 1.82) is 0 Å². The van der Waals surface area contributed by atoms with Crippen LogP contribution in [0, 0.1) is 11.6 Å². The van der Waals surface area contributed by atoms with Crippen molar-refractivity contribution in [3.63, 3.8) is 0 Å². The summed E-state index contributed by atoms with van der Waals surface area (Å²) in [5.41, 5.74) is 2.84. The summed E-state index contributed by atoms with van der Waals surface area (Å²) in [4.78, 5) is 2.93. The third-order valence-electron chi connectivity index (χ3n) is 6.03. The molecular weight excluding hydrogens is 396 g/mol. The van der Waals surface area contributed by atoms with Crippen LogP contribution in [0.3, 0.4) is 0 Å². The maximum Gasteiger partial charge on any atom is 0.128 e. The summed E-state index contributed by atoms with van der Waals surface area (Å²) in [6.45, 7) is 7.83. The molecular formula is C25H31F2N3O+2. The summed E-state index contributed by atoms with van der Waals surface area (Å²) in [6, 6.07) is 17.9. The van der Waals surface area contributed by atoms with Gasteiger partial charge in [0, 0.05) is 17.3 Å². The lowest BCUT2D eigenvalue weighted by molar-refractivity contribution is -0.975. The van der Waals surface area contributed by atoms with Crippen LogP contribution in [0.4, 0.5) is 8.78 Å². The fourth-order valence-electron chi connectivity index (χ4n) is 4.27. The van der Waals surface area contributed by atoms with E-state index < -0.39 is 0 Å². The van der Waals surface area contributed by atoms with E-state index in [1.54, 1.807) is 23.1 Å². The van der Waals surface area contributed by atoms with E-state index in [1.807, 2.05) is 30.5 Å². The lowest BCUT2D eigenvalue weighted by Crippen LogP contribution is -3.20. The Morgan fingerprint density at radius 2 is 1.77 bits per heavy atom. The fraction of sp³-hybridized carbons (Fsp3) is 0.360. The number of benzene rings is 2. The monoisotopic (exact) mass is 427 g/mol. The van der Waals surface area contributed by atoms with E-state index >= 15 is 0 Å². The maximum absolute atomic E-state index is 14.2. The topological polar surface area (TPSA) is 23.0 Å². The molecule has 1 saturated heterocycles. The molecule has 4 rings (SSSR count). The van der Waals surface area contributed by atoms with Crippen molar-refractivity contribution >= 4 is 0 Å². The van der Waals surface area contributed by atoms with Gasteiger partial charge in [-0.1, -0.05) is 30.3 Å². The van der Waals surface area contributed by atoms with Gasteiger partial charge in [0.1, 0.15) is 50.9 Å². The molecule has 1 aliphatic rings. The number of hydrogen-bond donors (Lipinski definition) is 2. The lowest BCUT2D eigenvalue weighted by Gasteiger charge is -2.26. The predicted octanol–water partition coefficient (Wildman–Crippen LogP) is 1.31. The van der Waals surface area contributed by atoms with Gasteiger partial charge in [-0.3, -0.25) is 0 Å². The van der Waals surface area contributed by atoms with Gasteiger partial charge in [0.25, 0.3) is 0 Å². The van der Waals surface area contributed by atoms with Crippen molar-refractivity contribution in [3.8, 4) is 0 Å². The highest BCUT2D eigenvalue weighted by molar-refractivity contribution is 5.19.